The van der Waals surface area contributed by atoms with E-state index in [1.54, 1.807) is 0 Å². The van der Waals surface area contributed by atoms with Gasteiger partial charge in [0.2, 0.25) is 0 Å². The molecule has 0 saturated heterocycles. The number of hydrogen-bond donors (Lipinski definition) is 0. The summed E-state index contributed by atoms with van der Waals surface area (Å²) in [6.07, 6.45) is 20.2. The molecule has 1 heterocycles. The zero-order chi connectivity index (χ0) is 19.6. The van der Waals surface area contributed by atoms with Crippen LogP contribution in [0, 0.1) is 5.92 Å². The molecule has 1 aliphatic carbocycles. The van der Waals surface area contributed by atoms with Gasteiger partial charge in [-0.2, -0.15) is 0 Å². The molecule has 1 aromatic heterocycles. The number of hydrogen-bond acceptors (Lipinski definition) is 2. The van der Waals surface area contributed by atoms with Crippen LogP contribution < -0.4 is 0 Å². The van der Waals surface area contributed by atoms with Crippen molar-refractivity contribution in [3.63, 3.8) is 0 Å². The topological polar surface area (TPSA) is 25.8 Å². The molecule has 1 saturated carbocycles. The Morgan fingerprint density at radius 2 is 1.43 bits per heavy atom. The van der Waals surface area contributed by atoms with Crippen LogP contribution in [-0.2, 0) is 6.42 Å². The molecule has 1 aromatic carbocycles. The van der Waals surface area contributed by atoms with Crippen LogP contribution in [0.5, 0.6) is 0 Å². The predicted molar refractivity (Wildman–Crippen MR) is 120 cm³/mol. The first-order valence-electron chi connectivity index (χ1n) is 11.7. The maximum absolute atomic E-state index is 4.70. The summed E-state index contributed by atoms with van der Waals surface area (Å²) in [6, 6.07) is 8.83. The molecule has 0 spiro atoms. The van der Waals surface area contributed by atoms with E-state index in [0.717, 1.165) is 17.3 Å². The van der Waals surface area contributed by atoms with Crippen LogP contribution in [0.3, 0.4) is 0 Å². The number of aryl methyl sites for hydroxylation is 1. The molecule has 0 unspecified atom stereocenters. The lowest BCUT2D eigenvalue weighted by atomic mass is 9.77. The second kappa shape index (κ2) is 11.3. The summed E-state index contributed by atoms with van der Waals surface area (Å²) in [7, 11) is 0. The van der Waals surface area contributed by atoms with Crippen molar-refractivity contribution < 1.29 is 0 Å². The standard InChI is InChI=1S/C26H38N2/c1-3-5-7-9-21-11-15-23(16-12-21)25-19-27-26(28-20-25)24-17-13-22(14-18-24)10-8-6-4-2/h13-14,17-21,23H,3-12,15-16H2,1-2H3. The van der Waals surface area contributed by atoms with Crippen molar-refractivity contribution >= 4 is 0 Å². The summed E-state index contributed by atoms with van der Waals surface area (Å²) < 4.78 is 0. The third kappa shape index (κ3) is 6.15. The Labute approximate surface area is 172 Å². The number of aromatic nitrogens is 2. The monoisotopic (exact) mass is 378 g/mol. The van der Waals surface area contributed by atoms with E-state index >= 15 is 0 Å². The van der Waals surface area contributed by atoms with Gasteiger partial charge in [-0.3, -0.25) is 0 Å². The molecule has 0 N–H and O–H groups in total. The number of unbranched alkanes of at least 4 members (excludes halogenated alkanes) is 4. The van der Waals surface area contributed by atoms with E-state index in [-0.39, 0.29) is 0 Å². The summed E-state index contributed by atoms with van der Waals surface area (Å²) >= 11 is 0. The normalized spacial score (nSPS) is 19.6. The molecule has 0 bridgehead atoms. The maximum atomic E-state index is 4.70. The molecule has 3 rings (SSSR count). The summed E-state index contributed by atoms with van der Waals surface area (Å²) in [5.41, 5.74) is 3.89. The smallest absolute Gasteiger partial charge is 0.159 e. The van der Waals surface area contributed by atoms with E-state index in [2.05, 4.69) is 50.5 Å². The first kappa shape index (κ1) is 21.0. The maximum Gasteiger partial charge on any atom is 0.159 e. The van der Waals surface area contributed by atoms with E-state index in [4.69, 9.17) is 9.97 Å². The molecule has 2 nitrogen and oxygen atoms in total. The van der Waals surface area contributed by atoms with Gasteiger partial charge in [-0.25, -0.2) is 9.97 Å². The van der Waals surface area contributed by atoms with Crippen molar-refractivity contribution in [3.8, 4) is 11.4 Å². The molecule has 0 atom stereocenters. The highest BCUT2D eigenvalue weighted by atomic mass is 14.9. The van der Waals surface area contributed by atoms with Crippen molar-refractivity contribution in [2.24, 2.45) is 5.92 Å². The van der Waals surface area contributed by atoms with E-state index in [1.807, 2.05) is 0 Å². The quantitative estimate of drug-likeness (QED) is 0.395. The van der Waals surface area contributed by atoms with Gasteiger partial charge in [-0.1, -0.05) is 76.6 Å². The summed E-state index contributed by atoms with van der Waals surface area (Å²) in [4.78, 5) is 9.40. The van der Waals surface area contributed by atoms with Crippen molar-refractivity contribution in [2.45, 2.75) is 96.8 Å². The molecule has 28 heavy (non-hydrogen) atoms. The molecule has 0 amide bonds. The molecule has 152 valence electrons. The van der Waals surface area contributed by atoms with Crippen LogP contribution in [-0.4, -0.2) is 9.97 Å². The van der Waals surface area contributed by atoms with Gasteiger partial charge in [0.1, 0.15) is 0 Å². The van der Waals surface area contributed by atoms with E-state index in [9.17, 15) is 0 Å². The molecular formula is C26H38N2. The van der Waals surface area contributed by atoms with Gasteiger partial charge >= 0.3 is 0 Å². The van der Waals surface area contributed by atoms with E-state index in [0.29, 0.717) is 5.92 Å². The highest BCUT2D eigenvalue weighted by Crippen LogP contribution is 2.37. The van der Waals surface area contributed by atoms with Crippen molar-refractivity contribution in [3.05, 3.63) is 47.8 Å². The van der Waals surface area contributed by atoms with Gasteiger partial charge in [0.05, 0.1) is 0 Å². The number of rotatable bonds is 10. The van der Waals surface area contributed by atoms with Crippen LogP contribution in [0.15, 0.2) is 36.7 Å². The molecular weight excluding hydrogens is 340 g/mol. The van der Waals surface area contributed by atoms with Crippen LogP contribution >= 0.6 is 0 Å². The minimum absolute atomic E-state index is 0.664. The Bertz CT molecular complexity index is 667. The lowest BCUT2D eigenvalue weighted by molar-refractivity contribution is 0.302. The van der Waals surface area contributed by atoms with Crippen LogP contribution in [0.4, 0.5) is 0 Å². The Hall–Kier alpha value is -1.70. The fraction of sp³-hybridized carbons (Fsp3) is 0.615. The molecule has 2 heteroatoms. The van der Waals surface area contributed by atoms with E-state index in [1.165, 1.54) is 88.2 Å². The fourth-order valence-electron chi connectivity index (χ4n) is 4.56. The molecule has 0 aliphatic heterocycles. The minimum atomic E-state index is 0.664. The van der Waals surface area contributed by atoms with Gasteiger partial charge < -0.3 is 0 Å². The van der Waals surface area contributed by atoms with Gasteiger partial charge in [-0.05, 0) is 61.5 Å². The fourth-order valence-corrected chi connectivity index (χ4v) is 4.56. The van der Waals surface area contributed by atoms with Gasteiger partial charge in [-0.15, -0.1) is 0 Å². The Morgan fingerprint density at radius 3 is 2.07 bits per heavy atom. The molecule has 1 aliphatic rings. The third-order valence-corrected chi connectivity index (χ3v) is 6.49. The average Bonchev–Trinajstić information content (AvgIpc) is 2.75. The van der Waals surface area contributed by atoms with Crippen LogP contribution in [0.1, 0.15) is 102 Å². The second-order valence-corrected chi connectivity index (χ2v) is 8.71. The minimum Gasteiger partial charge on any atom is -0.236 e. The molecule has 1 fully saturated rings. The zero-order valence-corrected chi connectivity index (χ0v) is 18.0. The lowest BCUT2D eigenvalue weighted by Gasteiger charge is -2.28. The Kier molecular flexibility index (Phi) is 8.51. The average molecular weight is 379 g/mol. The van der Waals surface area contributed by atoms with Crippen molar-refractivity contribution in [1.29, 1.82) is 0 Å². The van der Waals surface area contributed by atoms with Crippen molar-refractivity contribution in [1.82, 2.24) is 9.97 Å². The lowest BCUT2D eigenvalue weighted by Crippen LogP contribution is -2.14. The Morgan fingerprint density at radius 1 is 0.786 bits per heavy atom. The predicted octanol–water partition coefficient (Wildman–Crippen LogP) is 7.73. The largest absolute Gasteiger partial charge is 0.236 e. The summed E-state index contributed by atoms with van der Waals surface area (Å²) in [5, 5.41) is 0. The van der Waals surface area contributed by atoms with Gasteiger partial charge in [0.25, 0.3) is 0 Å². The first-order chi connectivity index (χ1) is 13.8. The molecule has 2 aromatic rings. The first-order valence-corrected chi connectivity index (χ1v) is 11.7. The Balaban J connectivity index is 1.51. The summed E-state index contributed by atoms with van der Waals surface area (Å²) in [5.74, 6) is 2.48. The van der Waals surface area contributed by atoms with Crippen molar-refractivity contribution in [2.75, 3.05) is 0 Å². The highest BCUT2D eigenvalue weighted by Gasteiger charge is 2.22. The number of benzene rings is 1. The SMILES string of the molecule is CCCCCc1ccc(-c2ncc(C3CCC(CCCCC)CC3)cn2)cc1. The van der Waals surface area contributed by atoms with Crippen LogP contribution in [0.25, 0.3) is 11.4 Å². The van der Waals surface area contributed by atoms with Gasteiger partial charge in [0.15, 0.2) is 5.82 Å². The van der Waals surface area contributed by atoms with Gasteiger partial charge in [0, 0.05) is 18.0 Å². The summed E-state index contributed by atoms with van der Waals surface area (Å²) in [6.45, 7) is 4.55. The molecule has 0 radical (unpaired) electrons. The van der Waals surface area contributed by atoms with Crippen LogP contribution in [0.2, 0.25) is 0 Å². The van der Waals surface area contributed by atoms with E-state index < -0.39 is 0 Å². The number of nitrogens with zero attached hydrogens (tertiary/aromatic N) is 2. The third-order valence-electron chi connectivity index (χ3n) is 6.49. The highest BCUT2D eigenvalue weighted by molar-refractivity contribution is 5.55. The second-order valence-electron chi connectivity index (χ2n) is 8.71. The zero-order valence-electron chi connectivity index (χ0n) is 18.0.